The van der Waals surface area contributed by atoms with E-state index in [1.807, 2.05) is 0 Å². The summed E-state index contributed by atoms with van der Waals surface area (Å²) in [5, 5.41) is 4.94. The van der Waals surface area contributed by atoms with Crippen molar-refractivity contribution in [1.29, 1.82) is 0 Å². The molecule has 1 N–H and O–H groups in total. The molecule has 1 unspecified atom stereocenters. The molecule has 27 heavy (non-hydrogen) atoms. The van der Waals surface area contributed by atoms with Crippen LogP contribution in [0, 0.1) is 0 Å². The highest BCUT2D eigenvalue weighted by molar-refractivity contribution is 7.90. The molecule has 2 aromatic rings. The van der Waals surface area contributed by atoms with Gasteiger partial charge in [-0.15, -0.1) is 0 Å². The van der Waals surface area contributed by atoms with E-state index in [1.54, 1.807) is 35.1 Å². The number of anilines is 1. The van der Waals surface area contributed by atoms with Gasteiger partial charge in [-0.25, -0.2) is 8.42 Å². The Balaban J connectivity index is 1.98. The van der Waals surface area contributed by atoms with Crippen LogP contribution in [-0.2, 0) is 14.8 Å². The summed E-state index contributed by atoms with van der Waals surface area (Å²) in [6.45, 7) is 0. The maximum atomic E-state index is 13.2. The van der Waals surface area contributed by atoms with E-state index < -0.39 is 28.0 Å². The van der Waals surface area contributed by atoms with Crippen LogP contribution in [0.5, 0.6) is 0 Å². The van der Waals surface area contributed by atoms with Gasteiger partial charge < -0.3 is 0 Å². The zero-order valence-electron chi connectivity index (χ0n) is 13.7. The lowest BCUT2D eigenvalue weighted by Gasteiger charge is -2.24. The fourth-order valence-electron chi connectivity index (χ4n) is 2.76. The Morgan fingerprint density at radius 3 is 2.26 bits per heavy atom. The number of nitrogens with zero attached hydrogens (tertiary/aromatic N) is 2. The molecule has 0 radical (unpaired) electrons. The van der Waals surface area contributed by atoms with Crippen LogP contribution in [0.2, 0.25) is 0 Å². The quantitative estimate of drug-likeness (QED) is 0.787. The van der Waals surface area contributed by atoms with Gasteiger partial charge in [-0.2, -0.15) is 18.3 Å². The van der Waals surface area contributed by atoms with Crippen molar-refractivity contribution in [2.24, 2.45) is 5.10 Å². The lowest BCUT2D eigenvalue weighted by molar-refractivity contribution is -0.108. The molecule has 1 atom stereocenters. The normalized spacial score (nSPS) is 17.5. The number of alkyl halides is 3. The Morgan fingerprint density at radius 1 is 1.07 bits per heavy atom. The van der Waals surface area contributed by atoms with Gasteiger partial charge in [-0.05, 0) is 29.8 Å². The highest BCUT2D eigenvalue weighted by Crippen LogP contribution is 2.39. The molecule has 0 aromatic heterocycles. The zero-order valence-corrected chi connectivity index (χ0v) is 14.5. The van der Waals surface area contributed by atoms with E-state index in [-0.39, 0.29) is 17.7 Å². The first-order valence-corrected chi connectivity index (χ1v) is 9.25. The molecule has 1 heterocycles. The van der Waals surface area contributed by atoms with Crippen molar-refractivity contribution in [2.45, 2.75) is 23.5 Å². The molecule has 3 rings (SSSR count). The topological polar surface area (TPSA) is 78.8 Å². The van der Waals surface area contributed by atoms with Crippen LogP contribution in [0.25, 0.3) is 0 Å². The van der Waals surface area contributed by atoms with E-state index in [9.17, 15) is 26.4 Å². The third kappa shape index (κ3) is 3.95. The predicted octanol–water partition coefficient (Wildman–Crippen LogP) is 2.99. The van der Waals surface area contributed by atoms with Crippen molar-refractivity contribution in [3.8, 4) is 0 Å². The summed E-state index contributed by atoms with van der Waals surface area (Å²) in [5.41, 5.74) is 0.0450. The standard InChI is InChI=1S/C17H14F3N3O3S/c18-17(19,20)16-10-15(12-4-2-1-3-5-12)23(22-16)13-6-8-14(9-7-13)27(25,26)21-11-24/h1-9,11,15H,10H2,(H,21,24). The van der Waals surface area contributed by atoms with Crippen molar-refractivity contribution in [3.63, 3.8) is 0 Å². The molecule has 2 aromatic carbocycles. The number of rotatable bonds is 5. The van der Waals surface area contributed by atoms with Crippen LogP contribution >= 0.6 is 0 Å². The first-order chi connectivity index (χ1) is 12.7. The Hall–Kier alpha value is -2.88. The number of sulfonamides is 1. The molecule has 0 saturated carbocycles. The number of hydrogen-bond donors (Lipinski definition) is 1. The van der Waals surface area contributed by atoms with Gasteiger partial charge in [0.15, 0.2) is 0 Å². The largest absolute Gasteiger partial charge is 0.431 e. The number of nitrogens with one attached hydrogen (secondary N) is 1. The van der Waals surface area contributed by atoms with E-state index in [4.69, 9.17) is 0 Å². The molecule has 0 fully saturated rings. The van der Waals surface area contributed by atoms with Crippen LogP contribution < -0.4 is 9.73 Å². The van der Waals surface area contributed by atoms with E-state index in [0.717, 1.165) is 0 Å². The van der Waals surface area contributed by atoms with Gasteiger partial charge in [0.05, 0.1) is 16.6 Å². The van der Waals surface area contributed by atoms with Gasteiger partial charge in [0, 0.05) is 6.42 Å². The van der Waals surface area contributed by atoms with Crippen LogP contribution in [0.15, 0.2) is 64.6 Å². The Labute approximate surface area is 153 Å². The molecule has 1 aliphatic rings. The molecular weight excluding hydrogens is 383 g/mol. The molecule has 1 aliphatic heterocycles. The molecule has 142 valence electrons. The lowest BCUT2D eigenvalue weighted by atomic mass is 10.0. The second-order valence-corrected chi connectivity index (χ2v) is 7.47. The number of benzene rings is 2. The average molecular weight is 397 g/mol. The third-order valence-corrected chi connectivity index (χ3v) is 5.34. The number of halogens is 3. The van der Waals surface area contributed by atoms with Crippen LogP contribution in [-0.4, -0.2) is 26.7 Å². The number of carbonyl (C=O) groups excluding carboxylic acids is 1. The van der Waals surface area contributed by atoms with E-state index >= 15 is 0 Å². The number of hydrazone groups is 1. The average Bonchev–Trinajstić information content (AvgIpc) is 3.08. The minimum absolute atomic E-state index is 0.0368. The molecule has 0 aliphatic carbocycles. The summed E-state index contributed by atoms with van der Waals surface area (Å²) in [5.74, 6) is 0. The smallest absolute Gasteiger partial charge is 0.278 e. The van der Waals surface area contributed by atoms with Gasteiger partial charge >= 0.3 is 6.18 Å². The Morgan fingerprint density at radius 2 is 1.70 bits per heavy atom. The van der Waals surface area contributed by atoms with Gasteiger partial charge in [-0.3, -0.25) is 14.5 Å². The molecule has 10 heteroatoms. The maximum absolute atomic E-state index is 13.2. The minimum atomic E-state index is -4.56. The predicted molar refractivity (Wildman–Crippen MR) is 92.6 cm³/mol. The summed E-state index contributed by atoms with van der Waals surface area (Å²) >= 11 is 0. The maximum Gasteiger partial charge on any atom is 0.431 e. The lowest BCUT2D eigenvalue weighted by Crippen LogP contribution is -2.22. The summed E-state index contributed by atoms with van der Waals surface area (Å²) in [6, 6.07) is 13.0. The molecule has 0 saturated heterocycles. The van der Waals surface area contributed by atoms with Crippen LogP contribution in [0.1, 0.15) is 18.0 Å². The van der Waals surface area contributed by atoms with Gasteiger partial charge in [-0.1, -0.05) is 30.3 Å². The molecule has 0 bridgehead atoms. The monoisotopic (exact) mass is 397 g/mol. The molecule has 6 nitrogen and oxygen atoms in total. The fraction of sp³-hybridized carbons (Fsp3) is 0.176. The highest BCUT2D eigenvalue weighted by atomic mass is 32.2. The van der Waals surface area contributed by atoms with Gasteiger partial charge in [0.1, 0.15) is 5.71 Å². The van der Waals surface area contributed by atoms with Crippen molar-refractivity contribution in [1.82, 2.24) is 4.72 Å². The molecule has 0 spiro atoms. The number of hydrogen-bond acceptors (Lipinski definition) is 5. The second-order valence-electron chi connectivity index (χ2n) is 5.75. The van der Waals surface area contributed by atoms with E-state index in [1.165, 1.54) is 29.3 Å². The van der Waals surface area contributed by atoms with E-state index in [2.05, 4.69) is 5.10 Å². The SMILES string of the molecule is O=CNS(=O)(=O)c1ccc(N2N=C(C(F)(F)F)CC2c2ccccc2)cc1. The van der Waals surface area contributed by atoms with Crippen LogP contribution in [0.4, 0.5) is 18.9 Å². The molecule has 1 amide bonds. The van der Waals surface area contributed by atoms with Crippen LogP contribution in [0.3, 0.4) is 0 Å². The Bertz CT molecular complexity index is 958. The van der Waals surface area contributed by atoms with E-state index in [0.29, 0.717) is 11.3 Å². The minimum Gasteiger partial charge on any atom is -0.278 e. The zero-order chi connectivity index (χ0) is 19.7. The Kier molecular flexibility index (Phi) is 4.92. The summed E-state index contributed by atoms with van der Waals surface area (Å²) in [7, 11) is -4.00. The van der Waals surface area contributed by atoms with Gasteiger partial charge in [0.2, 0.25) is 6.41 Å². The number of amides is 1. The molecular formula is C17H14F3N3O3S. The van der Waals surface area contributed by atoms with Crippen molar-refractivity contribution in [3.05, 3.63) is 60.2 Å². The second kappa shape index (κ2) is 7.03. The highest BCUT2D eigenvalue weighted by Gasteiger charge is 2.43. The summed E-state index contributed by atoms with van der Waals surface area (Å²) in [4.78, 5) is 10.2. The van der Waals surface area contributed by atoms with Crippen molar-refractivity contribution in [2.75, 3.05) is 5.01 Å². The van der Waals surface area contributed by atoms with Crippen molar-refractivity contribution < 1.29 is 26.4 Å². The fourth-order valence-corrected chi connectivity index (χ4v) is 3.52. The van der Waals surface area contributed by atoms with Gasteiger partial charge in [0.25, 0.3) is 10.0 Å². The van der Waals surface area contributed by atoms with Crippen molar-refractivity contribution >= 4 is 27.8 Å². The third-order valence-electron chi connectivity index (χ3n) is 4.04. The summed E-state index contributed by atoms with van der Waals surface area (Å²) < 4.78 is 64.8. The summed E-state index contributed by atoms with van der Waals surface area (Å²) in [6.07, 6.45) is -4.84. The first kappa shape index (κ1) is 18.9. The number of carbonyl (C=O) groups is 1. The first-order valence-electron chi connectivity index (χ1n) is 7.77.